The minimum absolute atomic E-state index is 0.0530. The fraction of sp³-hybridized carbons (Fsp3) is 0.444. The van der Waals surface area contributed by atoms with Crippen molar-refractivity contribution in [1.82, 2.24) is 9.88 Å². The lowest BCUT2D eigenvalue weighted by Crippen LogP contribution is -2.35. The molecule has 0 aliphatic rings. The average Bonchev–Trinajstić information content (AvgIpc) is 3.43. The molecule has 7 nitrogen and oxygen atoms in total. The monoisotopic (exact) mass is 497 g/mol. The van der Waals surface area contributed by atoms with Gasteiger partial charge in [-0.3, -0.25) is 14.4 Å². The number of benzene rings is 1. The number of amides is 2. The Kier molecular flexibility index (Phi) is 9.90. The number of rotatable bonds is 13. The van der Waals surface area contributed by atoms with Crippen molar-refractivity contribution in [1.29, 1.82) is 0 Å². The number of aromatic nitrogens is 1. The van der Waals surface area contributed by atoms with Crippen molar-refractivity contribution in [3.8, 4) is 0 Å². The molecular weight excluding hydrogens is 462 g/mol. The van der Waals surface area contributed by atoms with E-state index in [-0.39, 0.29) is 24.3 Å². The van der Waals surface area contributed by atoms with Crippen molar-refractivity contribution < 1.29 is 19.1 Å². The molecular formula is C27H35N3O4S. The predicted octanol–water partition coefficient (Wildman–Crippen LogP) is 5.31. The van der Waals surface area contributed by atoms with E-state index >= 15 is 0 Å². The van der Waals surface area contributed by atoms with Crippen molar-refractivity contribution in [2.45, 2.75) is 58.9 Å². The van der Waals surface area contributed by atoms with Crippen LogP contribution in [-0.2, 0) is 20.9 Å². The van der Waals surface area contributed by atoms with E-state index in [4.69, 9.17) is 0 Å². The number of fused-ring (bicyclic) bond motifs is 1. The lowest BCUT2D eigenvalue weighted by atomic mass is 10.1. The third-order valence-electron chi connectivity index (χ3n) is 6.05. The lowest BCUT2D eigenvalue weighted by Gasteiger charge is -2.22. The van der Waals surface area contributed by atoms with Crippen molar-refractivity contribution in [3.63, 3.8) is 0 Å². The summed E-state index contributed by atoms with van der Waals surface area (Å²) >= 11 is 1.56. The molecule has 0 fully saturated rings. The molecule has 0 unspecified atom stereocenters. The SMILES string of the molecule is CCN(C(=O)Cn1c(C(=O)NCCCCCCCC(=O)OC)cc2sccc21)c1cccc(C)c1. The lowest BCUT2D eigenvalue weighted by molar-refractivity contribution is -0.140. The number of carbonyl (C=O) groups excluding carboxylic acids is 3. The molecule has 0 bridgehead atoms. The van der Waals surface area contributed by atoms with Crippen LogP contribution >= 0.6 is 11.3 Å². The van der Waals surface area contributed by atoms with E-state index in [2.05, 4.69) is 10.1 Å². The summed E-state index contributed by atoms with van der Waals surface area (Å²) in [6.45, 7) is 5.20. The minimum Gasteiger partial charge on any atom is -0.469 e. The van der Waals surface area contributed by atoms with E-state index in [1.54, 1.807) is 16.2 Å². The molecule has 3 rings (SSSR count). The van der Waals surface area contributed by atoms with Gasteiger partial charge >= 0.3 is 5.97 Å². The summed E-state index contributed by atoms with van der Waals surface area (Å²) in [7, 11) is 1.41. The normalized spacial score (nSPS) is 10.9. The summed E-state index contributed by atoms with van der Waals surface area (Å²) in [6.07, 6.45) is 5.12. The fourth-order valence-electron chi connectivity index (χ4n) is 4.17. The Bertz CT molecular complexity index is 1150. The third-order valence-corrected chi connectivity index (χ3v) is 6.90. The van der Waals surface area contributed by atoms with Crippen LogP contribution in [0.1, 0.15) is 61.5 Å². The second-order valence-electron chi connectivity index (χ2n) is 8.61. The number of nitrogens with one attached hydrogen (secondary N) is 1. The van der Waals surface area contributed by atoms with E-state index in [0.717, 1.165) is 53.6 Å². The van der Waals surface area contributed by atoms with Gasteiger partial charge in [-0.05, 0) is 61.9 Å². The highest BCUT2D eigenvalue weighted by Gasteiger charge is 2.21. The molecule has 188 valence electrons. The number of aryl methyl sites for hydroxylation is 1. The van der Waals surface area contributed by atoms with E-state index in [1.807, 2.05) is 60.2 Å². The number of unbranched alkanes of at least 4 members (excludes halogenated alkanes) is 4. The smallest absolute Gasteiger partial charge is 0.305 e. The zero-order valence-electron chi connectivity index (χ0n) is 20.8. The molecule has 2 amide bonds. The number of thiophene rings is 1. The standard InChI is InChI=1S/C27H35N3O4S/c1-4-29(21-12-10-11-20(2)17-21)25(31)19-30-22-14-16-35-24(22)18-23(30)27(33)28-15-9-7-5-6-8-13-26(32)34-3/h10-12,14,16-18H,4-9,13,15,19H2,1-3H3,(H,28,33). The third kappa shape index (κ3) is 7.18. The largest absolute Gasteiger partial charge is 0.469 e. The first-order valence-electron chi connectivity index (χ1n) is 12.2. The number of esters is 1. The molecule has 2 heterocycles. The van der Waals surface area contributed by atoms with Gasteiger partial charge in [-0.25, -0.2) is 0 Å². The van der Waals surface area contributed by atoms with Crippen LogP contribution in [0.15, 0.2) is 41.8 Å². The Morgan fingerprint density at radius 3 is 2.57 bits per heavy atom. The van der Waals surface area contributed by atoms with Crippen LogP contribution in [0.4, 0.5) is 5.69 Å². The number of anilines is 1. The highest BCUT2D eigenvalue weighted by molar-refractivity contribution is 7.17. The second-order valence-corrected chi connectivity index (χ2v) is 9.56. The van der Waals surface area contributed by atoms with Crippen LogP contribution < -0.4 is 10.2 Å². The first-order valence-corrected chi connectivity index (χ1v) is 13.1. The molecule has 8 heteroatoms. The number of hydrogen-bond acceptors (Lipinski definition) is 5. The van der Waals surface area contributed by atoms with Crippen LogP contribution in [0.5, 0.6) is 0 Å². The number of likely N-dealkylation sites (N-methyl/N-ethyl adjacent to an activating group) is 1. The summed E-state index contributed by atoms with van der Waals surface area (Å²) in [5.74, 6) is -0.382. The van der Waals surface area contributed by atoms with Crippen LogP contribution in [0.3, 0.4) is 0 Å². The summed E-state index contributed by atoms with van der Waals surface area (Å²) < 4.78 is 7.47. The van der Waals surface area contributed by atoms with Crippen molar-refractivity contribution in [2.24, 2.45) is 0 Å². The van der Waals surface area contributed by atoms with Gasteiger partial charge in [-0.15, -0.1) is 11.3 Å². The highest BCUT2D eigenvalue weighted by atomic mass is 32.1. The maximum absolute atomic E-state index is 13.3. The molecule has 0 saturated carbocycles. The molecule has 0 radical (unpaired) electrons. The zero-order chi connectivity index (χ0) is 25.2. The Hall–Kier alpha value is -3.13. The number of nitrogens with zero attached hydrogens (tertiary/aromatic N) is 2. The number of carbonyl (C=O) groups is 3. The maximum Gasteiger partial charge on any atom is 0.305 e. The minimum atomic E-state index is -0.167. The molecule has 0 atom stereocenters. The van der Waals surface area contributed by atoms with Crippen molar-refractivity contribution >= 4 is 45.0 Å². The second kappa shape index (κ2) is 13.1. The summed E-state index contributed by atoms with van der Waals surface area (Å²) in [5.41, 5.74) is 3.38. The van der Waals surface area contributed by atoms with Gasteiger partial charge in [0.25, 0.3) is 5.91 Å². The van der Waals surface area contributed by atoms with Crippen LogP contribution in [0, 0.1) is 6.92 Å². The molecule has 1 N–H and O–H groups in total. The molecule has 3 aromatic rings. The van der Waals surface area contributed by atoms with Gasteiger partial charge in [0.2, 0.25) is 5.91 Å². The van der Waals surface area contributed by atoms with Gasteiger partial charge in [0.05, 0.1) is 17.3 Å². The van der Waals surface area contributed by atoms with E-state index < -0.39 is 0 Å². The van der Waals surface area contributed by atoms with Gasteiger partial charge in [-0.2, -0.15) is 0 Å². The Balaban J connectivity index is 1.58. The Morgan fingerprint density at radius 2 is 1.83 bits per heavy atom. The fourth-order valence-corrected chi connectivity index (χ4v) is 5.00. The topological polar surface area (TPSA) is 80.6 Å². The molecule has 1 aromatic carbocycles. The Labute approximate surface area is 211 Å². The predicted molar refractivity (Wildman–Crippen MR) is 141 cm³/mol. The first-order chi connectivity index (χ1) is 16.9. The molecule has 0 spiro atoms. The van der Waals surface area contributed by atoms with E-state index in [1.165, 1.54) is 7.11 Å². The maximum atomic E-state index is 13.3. The van der Waals surface area contributed by atoms with Crippen LogP contribution in [0.25, 0.3) is 10.2 Å². The molecule has 35 heavy (non-hydrogen) atoms. The van der Waals surface area contributed by atoms with Gasteiger partial charge < -0.3 is 19.5 Å². The molecule has 0 aliphatic heterocycles. The van der Waals surface area contributed by atoms with Gasteiger partial charge in [0.1, 0.15) is 12.2 Å². The van der Waals surface area contributed by atoms with Crippen molar-refractivity contribution in [2.75, 3.05) is 25.1 Å². The highest BCUT2D eigenvalue weighted by Crippen LogP contribution is 2.26. The summed E-state index contributed by atoms with van der Waals surface area (Å²) in [6, 6.07) is 11.7. The first kappa shape index (κ1) is 26.5. The molecule has 0 aliphatic carbocycles. The summed E-state index contributed by atoms with van der Waals surface area (Å²) in [4.78, 5) is 39.2. The summed E-state index contributed by atoms with van der Waals surface area (Å²) in [5, 5.41) is 4.99. The van der Waals surface area contributed by atoms with Crippen molar-refractivity contribution in [3.05, 3.63) is 53.0 Å². The number of methoxy groups -OCH3 is 1. The number of hydrogen-bond donors (Lipinski definition) is 1. The van der Waals surface area contributed by atoms with Gasteiger partial charge in [0.15, 0.2) is 0 Å². The quantitative estimate of drug-likeness (QED) is 0.256. The zero-order valence-corrected chi connectivity index (χ0v) is 21.7. The van der Waals surface area contributed by atoms with Gasteiger partial charge in [0, 0.05) is 25.2 Å². The van der Waals surface area contributed by atoms with Crippen LogP contribution in [-0.4, -0.2) is 42.6 Å². The molecule has 0 saturated heterocycles. The van der Waals surface area contributed by atoms with E-state index in [0.29, 0.717) is 25.2 Å². The molecule has 2 aromatic heterocycles. The Morgan fingerprint density at radius 1 is 1.06 bits per heavy atom. The van der Waals surface area contributed by atoms with Gasteiger partial charge in [-0.1, -0.05) is 31.4 Å². The number of ether oxygens (including phenoxy) is 1. The van der Waals surface area contributed by atoms with E-state index in [9.17, 15) is 14.4 Å². The average molecular weight is 498 g/mol. The van der Waals surface area contributed by atoms with Crippen LogP contribution in [0.2, 0.25) is 0 Å².